The van der Waals surface area contributed by atoms with Crippen molar-refractivity contribution in [2.24, 2.45) is 11.3 Å². The molecule has 4 N–H and O–H groups in total. The molecule has 5 aromatic rings. The number of nitrogens with zero attached hydrogens (tertiary/aromatic N) is 4. The standard InChI is InChI=1S/C48H54ClN7O8S/c1-47(2)14-10-33(39(26-47)30-4-6-34(49)7-5-30)28-54-18-20-55(21-19-54)35-8-9-38(42(23-35)64-36-22-32-13-17-50-45(32)51-27-36)46(57)53-65(61,62)37-24-41(56(59)60)44-43(25-37)63-29-40(52-44)31-11-15-48(3,58)16-12-31/h4-9,13,17,22-25,27,31,40,52,58H,10-12,14-16,18-21,26,28-29H2,1-3H3,(H,50,51)(H,53,57)/t31?,40-,48?/m1/s1. The number of allylic oxidation sites excluding steroid dienone is 1. The molecule has 1 amide bonds. The number of carbonyl (C=O) groups excluding carboxylic acids is 1. The average molecular weight is 925 g/mol. The Morgan fingerprint density at radius 1 is 1.03 bits per heavy atom. The Morgan fingerprint density at radius 3 is 2.52 bits per heavy atom. The number of nitro groups is 1. The van der Waals surface area contributed by atoms with Crippen molar-refractivity contribution in [1.82, 2.24) is 19.6 Å². The molecule has 2 aromatic heterocycles. The number of H-pyrrole nitrogens is 1. The minimum atomic E-state index is -4.67. The second-order valence-corrected chi connectivity index (χ2v) is 21.1. The lowest BCUT2D eigenvalue weighted by Crippen LogP contribution is -2.47. The summed E-state index contributed by atoms with van der Waals surface area (Å²) in [7, 11) is -4.67. The second-order valence-electron chi connectivity index (χ2n) is 19.0. The predicted octanol–water partition coefficient (Wildman–Crippen LogP) is 8.94. The number of fused-ring (bicyclic) bond motifs is 2. The summed E-state index contributed by atoms with van der Waals surface area (Å²) in [5, 5.41) is 27.5. The van der Waals surface area contributed by atoms with Gasteiger partial charge in [0, 0.05) is 73.2 Å². The number of aromatic amines is 1. The van der Waals surface area contributed by atoms with Gasteiger partial charge in [-0.05, 0) is 111 Å². The van der Waals surface area contributed by atoms with E-state index in [0.29, 0.717) is 50.2 Å². The number of nitrogens with one attached hydrogen (secondary N) is 3. The molecule has 4 aliphatic rings. The molecule has 0 spiro atoms. The van der Waals surface area contributed by atoms with Crippen molar-refractivity contribution in [3.63, 3.8) is 0 Å². The number of nitro benzene ring substituents is 1. The first kappa shape index (κ1) is 44.5. The van der Waals surface area contributed by atoms with Crippen molar-refractivity contribution >= 4 is 61.2 Å². The molecule has 9 rings (SSSR count). The van der Waals surface area contributed by atoms with Crippen LogP contribution in [0.5, 0.6) is 17.2 Å². The van der Waals surface area contributed by atoms with Crippen LogP contribution in [0.15, 0.2) is 89.6 Å². The Bertz CT molecular complexity index is 2770. The van der Waals surface area contributed by atoms with Crippen LogP contribution in [-0.2, 0) is 10.0 Å². The maximum absolute atomic E-state index is 14.1. The van der Waals surface area contributed by atoms with Crippen molar-refractivity contribution in [1.29, 1.82) is 0 Å². The number of halogens is 1. The molecule has 0 unspecified atom stereocenters. The number of pyridine rings is 1. The maximum Gasteiger partial charge on any atom is 0.297 e. The van der Waals surface area contributed by atoms with E-state index in [1.54, 1.807) is 31.3 Å². The minimum absolute atomic E-state index is 0.00591. The molecule has 3 aromatic carbocycles. The number of piperazine rings is 1. The summed E-state index contributed by atoms with van der Waals surface area (Å²) in [5.74, 6) is -0.445. The molecule has 2 aliphatic carbocycles. The summed E-state index contributed by atoms with van der Waals surface area (Å²) in [4.78, 5) is 37.5. The van der Waals surface area contributed by atoms with Gasteiger partial charge < -0.3 is 29.8 Å². The molecule has 0 radical (unpaired) electrons. The number of hydrogen-bond donors (Lipinski definition) is 4. The summed E-state index contributed by atoms with van der Waals surface area (Å²) in [6.07, 6.45) is 9.05. The molecule has 15 nitrogen and oxygen atoms in total. The van der Waals surface area contributed by atoms with Gasteiger partial charge in [0.15, 0.2) is 11.4 Å². The van der Waals surface area contributed by atoms with Gasteiger partial charge in [-0.2, -0.15) is 0 Å². The summed E-state index contributed by atoms with van der Waals surface area (Å²) in [6, 6.07) is 18.7. The van der Waals surface area contributed by atoms with Crippen molar-refractivity contribution < 1.29 is 32.7 Å². The van der Waals surface area contributed by atoms with Crippen LogP contribution in [0.25, 0.3) is 16.6 Å². The molecule has 65 heavy (non-hydrogen) atoms. The number of benzene rings is 3. The van der Waals surface area contributed by atoms with Crippen molar-refractivity contribution in [3.8, 4) is 17.2 Å². The first-order valence-corrected chi connectivity index (χ1v) is 24.1. The highest BCUT2D eigenvalue weighted by Gasteiger charge is 2.38. The van der Waals surface area contributed by atoms with Gasteiger partial charge in [-0.1, -0.05) is 43.2 Å². The summed E-state index contributed by atoms with van der Waals surface area (Å²) >= 11 is 6.25. The molecule has 1 saturated carbocycles. The Labute approximate surface area is 383 Å². The lowest BCUT2D eigenvalue weighted by atomic mass is 9.72. The van der Waals surface area contributed by atoms with Crippen LogP contribution >= 0.6 is 11.6 Å². The molecule has 342 valence electrons. The van der Waals surface area contributed by atoms with Gasteiger partial charge in [0.05, 0.1) is 33.2 Å². The number of carbonyl (C=O) groups is 1. The van der Waals surface area contributed by atoms with E-state index in [1.807, 2.05) is 18.2 Å². The van der Waals surface area contributed by atoms with Crippen LogP contribution in [0.1, 0.15) is 81.6 Å². The van der Waals surface area contributed by atoms with Crippen molar-refractivity contribution in [2.45, 2.75) is 82.3 Å². The average Bonchev–Trinajstić information content (AvgIpc) is 3.75. The second kappa shape index (κ2) is 17.6. The number of rotatable bonds is 11. The molecule has 4 heterocycles. The van der Waals surface area contributed by atoms with E-state index in [9.17, 15) is 28.4 Å². The van der Waals surface area contributed by atoms with E-state index in [0.717, 1.165) is 61.1 Å². The third-order valence-corrected chi connectivity index (χ3v) is 15.1. The minimum Gasteiger partial charge on any atom is -0.489 e. The molecule has 17 heteroatoms. The van der Waals surface area contributed by atoms with Crippen LogP contribution in [0, 0.1) is 21.4 Å². The smallest absolute Gasteiger partial charge is 0.297 e. The monoisotopic (exact) mass is 923 g/mol. The lowest BCUT2D eigenvalue weighted by Gasteiger charge is -2.39. The van der Waals surface area contributed by atoms with Gasteiger partial charge in [-0.25, -0.2) is 18.1 Å². The highest BCUT2D eigenvalue weighted by atomic mass is 35.5. The van der Waals surface area contributed by atoms with E-state index >= 15 is 0 Å². The fourth-order valence-corrected chi connectivity index (χ4v) is 10.8. The third-order valence-electron chi connectivity index (χ3n) is 13.6. The van der Waals surface area contributed by atoms with E-state index < -0.39 is 37.0 Å². The molecule has 1 atom stereocenters. The van der Waals surface area contributed by atoms with Crippen molar-refractivity contribution in [3.05, 3.63) is 111 Å². The number of sulfonamides is 1. The summed E-state index contributed by atoms with van der Waals surface area (Å²) in [5.41, 5.74) is 4.52. The molecule has 1 saturated heterocycles. The molecule has 2 aliphatic heterocycles. The fourth-order valence-electron chi connectivity index (χ4n) is 9.68. The quantitative estimate of drug-likeness (QED) is 0.0728. The van der Waals surface area contributed by atoms with Gasteiger partial charge in [-0.15, -0.1) is 0 Å². The number of aliphatic hydroxyl groups is 1. The van der Waals surface area contributed by atoms with E-state index in [-0.39, 0.29) is 46.7 Å². The molecule has 0 bridgehead atoms. The van der Waals surface area contributed by atoms with Gasteiger partial charge in [-0.3, -0.25) is 19.8 Å². The predicted molar refractivity (Wildman–Crippen MR) is 251 cm³/mol. The topological polar surface area (TPSA) is 192 Å². The van der Waals surface area contributed by atoms with Gasteiger partial charge in [0.2, 0.25) is 0 Å². The van der Waals surface area contributed by atoms with Crippen LogP contribution < -0.4 is 24.4 Å². The zero-order valence-corrected chi connectivity index (χ0v) is 38.3. The SMILES string of the molecule is CC1(C)CCC(CN2CCN(c3ccc(C(=O)NS(=O)(=O)c4cc5c(c([N+](=O)[O-])c4)N[C@@H](C4CCC(C)(O)CC4)CO5)c(Oc4cnc5[nH]ccc5c4)c3)CC2)=C(c2ccc(Cl)cc2)C1. The van der Waals surface area contributed by atoms with Crippen LogP contribution in [0.2, 0.25) is 5.02 Å². The number of amides is 1. The van der Waals surface area contributed by atoms with Crippen LogP contribution in [-0.4, -0.2) is 90.2 Å². The van der Waals surface area contributed by atoms with E-state index in [1.165, 1.54) is 35.0 Å². The number of hydrogen-bond acceptors (Lipinski definition) is 12. The lowest BCUT2D eigenvalue weighted by molar-refractivity contribution is -0.384. The Morgan fingerprint density at radius 2 is 1.78 bits per heavy atom. The fraction of sp³-hybridized carbons (Fsp3) is 0.417. The largest absolute Gasteiger partial charge is 0.489 e. The van der Waals surface area contributed by atoms with E-state index in [2.05, 4.69) is 55.8 Å². The number of ether oxygens (including phenoxy) is 2. The molecule has 2 fully saturated rings. The van der Waals surface area contributed by atoms with E-state index in [4.69, 9.17) is 21.1 Å². The zero-order valence-electron chi connectivity index (χ0n) is 36.7. The third kappa shape index (κ3) is 9.81. The molecular formula is C48H54ClN7O8S. The van der Waals surface area contributed by atoms with Crippen LogP contribution in [0.4, 0.5) is 17.1 Å². The number of aromatic nitrogens is 2. The number of anilines is 2. The normalized spacial score (nSPS) is 22.4. The highest BCUT2D eigenvalue weighted by Crippen LogP contribution is 2.45. The van der Waals surface area contributed by atoms with Crippen LogP contribution in [0.3, 0.4) is 0 Å². The highest BCUT2D eigenvalue weighted by molar-refractivity contribution is 7.90. The summed E-state index contributed by atoms with van der Waals surface area (Å²) in [6.45, 7) is 10.5. The maximum atomic E-state index is 14.1. The zero-order chi connectivity index (χ0) is 45.7. The van der Waals surface area contributed by atoms with Gasteiger partial charge in [0.25, 0.3) is 21.6 Å². The van der Waals surface area contributed by atoms with Crippen molar-refractivity contribution in [2.75, 3.05) is 49.5 Å². The first-order chi connectivity index (χ1) is 31.0. The first-order valence-electron chi connectivity index (χ1n) is 22.2. The molecular weight excluding hydrogens is 870 g/mol. The Hall–Kier alpha value is -5.68. The Kier molecular flexibility index (Phi) is 12.1. The Balaban J connectivity index is 0.940. The van der Waals surface area contributed by atoms with Gasteiger partial charge in [0.1, 0.15) is 23.8 Å². The summed E-state index contributed by atoms with van der Waals surface area (Å²) < 4.78 is 42.3. The van der Waals surface area contributed by atoms with Gasteiger partial charge >= 0.3 is 0 Å².